The Bertz CT molecular complexity index is 895. The first-order valence-electron chi connectivity index (χ1n) is 6.99. The zero-order valence-electron chi connectivity index (χ0n) is 12.2. The average Bonchev–Trinajstić information content (AvgIpc) is 2.55. The van der Waals surface area contributed by atoms with Crippen LogP contribution in [0.5, 0.6) is 0 Å². The van der Waals surface area contributed by atoms with Gasteiger partial charge in [-0.25, -0.2) is 23.4 Å². The maximum Gasteiger partial charge on any atom is 0.235 e. The van der Waals surface area contributed by atoms with Crippen molar-refractivity contribution in [3.8, 4) is 0 Å². The number of rotatable bonds is 6. The minimum absolute atomic E-state index is 0.0953. The fraction of sp³-hybridized carbons (Fsp3) is 0.133. The van der Waals surface area contributed by atoms with Crippen LogP contribution >= 0.6 is 0 Å². The van der Waals surface area contributed by atoms with Gasteiger partial charge in [-0.3, -0.25) is 4.72 Å². The normalized spacial score (nSPS) is 11.3. The molecule has 0 aliphatic heterocycles. The van der Waals surface area contributed by atoms with Gasteiger partial charge < -0.3 is 5.32 Å². The Morgan fingerprint density at radius 2 is 1.78 bits per heavy atom. The number of sulfonamides is 1. The van der Waals surface area contributed by atoms with Gasteiger partial charge in [0.15, 0.2) is 0 Å². The Kier molecular flexibility index (Phi) is 4.33. The fourth-order valence-electron chi connectivity index (χ4n) is 2.08. The van der Waals surface area contributed by atoms with E-state index < -0.39 is 10.0 Å². The molecule has 0 amide bonds. The van der Waals surface area contributed by atoms with Crippen LogP contribution in [0.25, 0.3) is 10.9 Å². The van der Waals surface area contributed by atoms with Gasteiger partial charge >= 0.3 is 0 Å². The molecule has 2 N–H and O–H groups in total. The molecule has 0 spiro atoms. The Balaban J connectivity index is 1.64. The maximum absolute atomic E-state index is 12.0. The standard InChI is InChI=1S/C15H15N5O2S/c21-23(22,20-14-7-3-4-8-16-14)10-9-17-15-12-5-1-2-6-13(12)18-11-19-15/h1-8,11H,9-10H2,(H,16,20)(H,17,18,19). The van der Waals surface area contributed by atoms with Crippen LogP contribution in [0.4, 0.5) is 11.6 Å². The minimum atomic E-state index is -3.48. The third-order valence-electron chi connectivity index (χ3n) is 3.13. The molecular weight excluding hydrogens is 314 g/mol. The van der Waals surface area contributed by atoms with E-state index in [2.05, 4.69) is 25.0 Å². The van der Waals surface area contributed by atoms with Gasteiger partial charge in [-0.2, -0.15) is 0 Å². The van der Waals surface area contributed by atoms with Gasteiger partial charge in [0.25, 0.3) is 0 Å². The first kappa shape index (κ1) is 15.2. The summed E-state index contributed by atoms with van der Waals surface area (Å²) < 4.78 is 26.5. The van der Waals surface area contributed by atoms with Crippen LogP contribution in [-0.2, 0) is 10.0 Å². The fourth-order valence-corrected chi connectivity index (χ4v) is 3.00. The predicted molar refractivity (Wildman–Crippen MR) is 89.7 cm³/mol. The van der Waals surface area contributed by atoms with Gasteiger partial charge in [0.1, 0.15) is 18.0 Å². The van der Waals surface area contributed by atoms with Gasteiger partial charge in [-0.15, -0.1) is 0 Å². The summed E-state index contributed by atoms with van der Waals surface area (Å²) in [4.78, 5) is 12.3. The van der Waals surface area contributed by atoms with Crippen molar-refractivity contribution in [3.05, 3.63) is 55.0 Å². The van der Waals surface area contributed by atoms with Crippen molar-refractivity contribution in [2.75, 3.05) is 22.3 Å². The molecule has 0 radical (unpaired) electrons. The summed E-state index contributed by atoms with van der Waals surface area (Å²) in [5, 5.41) is 3.89. The molecule has 1 aromatic carbocycles. The smallest absolute Gasteiger partial charge is 0.235 e. The summed E-state index contributed by atoms with van der Waals surface area (Å²) in [5.74, 6) is 0.825. The SMILES string of the molecule is O=S(=O)(CCNc1ncnc2ccccc12)Nc1ccccn1. The lowest BCUT2D eigenvalue weighted by Crippen LogP contribution is -2.23. The highest BCUT2D eigenvalue weighted by atomic mass is 32.2. The molecule has 23 heavy (non-hydrogen) atoms. The van der Waals surface area contributed by atoms with Crippen molar-refractivity contribution in [2.45, 2.75) is 0 Å². The van der Waals surface area contributed by atoms with Crippen LogP contribution in [0.1, 0.15) is 0 Å². The highest BCUT2D eigenvalue weighted by Crippen LogP contribution is 2.18. The number of benzene rings is 1. The van der Waals surface area contributed by atoms with Crippen LogP contribution in [0, 0.1) is 0 Å². The summed E-state index contributed by atoms with van der Waals surface area (Å²) in [5.41, 5.74) is 0.805. The molecule has 118 valence electrons. The van der Waals surface area contributed by atoms with Crippen molar-refractivity contribution in [1.82, 2.24) is 15.0 Å². The lowest BCUT2D eigenvalue weighted by atomic mass is 10.2. The first-order valence-corrected chi connectivity index (χ1v) is 8.64. The van der Waals surface area contributed by atoms with Crippen molar-refractivity contribution >= 4 is 32.6 Å². The van der Waals surface area contributed by atoms with Gasteiger partial charge in [-0.05, 0) is 24.3 Å². The second-order valence-corrected chi connectivity index (χ2v) is 6.64. The molecule has 0 fully saturated rings. The largest absolute Gasteiger partial charge is 0.368 e. The predicted octanol–water partition coefficient (Wildman–Crippen LogP) is 1.88. The highest BCUT2D eigenvalue weighted by Gasteiger charge is 2.11. The summed E-state index contributed by atoms with van der Waals surface area (Å²) in [6, 6.07) is 12.6. The van der Waals surface area contributed by atoms with E-state index in [1.807, 2.05) is 24.3 Å². The molecule has 0 unspecified atom stereocenters. The number of pyridine rings is 1. The summed E-state index contributed by atoms with van der Waals surface area (Å²) in [7, 11) is -3.48. The zero-order valence-corrected chi connectivity index (χ0v) is 13.0. The Hall–Kier alpha value is -2.74. The second kappa shape index (κ2) is 6.57. The monoisotopic (exact) mass is 329 g/mol. The number of aromatic nitrogens is 3. The van der Waals surface area contributed by atoms with E-state index in [0.29, 0.717) is 11.6 Å². The molecule has 2 aromatic heterocycles. The van der Waals surface area contributed by atoms with Gasteiger partial charge in [-0.1, -0.05) is 18.2 Å². The van der Waals surface area contributed by atoms with E-state index in [1.165, 1.54) is 12.5 Å². The molecule has 0 aliphatic carbocycles. The second-order valence-electron chi connectivity index (χ2n) is 4.80. The summed E-state index contributed by atoms with van der Waals surface area (Å²) in [6.45, 7) is 0.225. The quantitative estimate of drug-likeness (QED) is 0.717. The number of nitrogens with one attached hydrogen (secondary N) is 2. The van der Waals surface area contributed by atoms with Crippen LogP contribution in [0.15, 0.2) is 55.0 Å². The third-order valence-corrected chi connectivity index (χ3v) is 4.39. The molecular formula is C15H15N5O2S. The summed E-state index contributed by atoms with van der Waals surface area (Å²) in [6.07, 6.45) is 2.98. The van der Waals surface area contributed by atoms with E-state index >= 15 is 0 Å². The molecule has 0 aliphatic rings. The number of para-hydroxylation sites is 1. The van der Waals surface area contributed by atoms with Gasteiger partial charge in [0.2, 0.25) is 10.0 Å². The molecule has 8 heteroatoms. The Morgan fingerprint density at radius 1 is 0.957 bits per heavy atom. The Labute approximate surface area is 133 Å². The third kappa shape index (κ3) is 3.92. The van der Waals surface area contributed by atoms with E-state index in [-0.39, 0.29) is 12.3 Å². The van der Waals surface area contributed by atoms with Gasteiger partial charge in [0.05, 0.1) is 11.3 Å². The number of anilines is 2. The van der Waals surface area contributed by atoms with Crippen molar-refractivity contribution in [2.24, 2.45) is 0 Å². The van der Waals surface area contributed by atoms with Crippen molar-refractivity contribution in [1.29, 1.82) is 0 Å². The molecule has 0 bridgehead atoms. The van der Waals surface area contributed by atoms with Crippen LogP contribution in [0.3, 0.4) is 0 Å². The van der Waals surface area contributed by atoms with Crippen LogP contribution in [0.2, 0.25) is 0 Å². The van der Waals surface area contributed by atoms with Crippen LogP contribution < -0.4 is 10.0 Å². The number of hydrogen-bond acceptors (Lipinski definition) is 6. The summed E-state index contributed by atoms with van der Waals surface area (Å²) >= 11 is 0. The minimum Gasteiger partial charge on any atom is -0.368 e. The first-order chi connectivity index (χ1) is 11.1. The lowest BCUT2D eigenvalue weighted by molar-refractivity contribution is 0.601. The highest BCUT2D eigenvalue weighted by molar-refractivity contribution is 7.92. The van der Waals surface area contributed by atoms with E-state index in [4.69, 9.17) is 0 Å². The maximum atomic E-state index is 12.0. The number of nitrogens with zero attached hydrogens (tertiary/aromatic N) is 3. The number of hydrogen-bond donors (Lipinski definition) is 2. The van der Waals surface area contributed by atoms with Crippen molar-refractivity contribution in [3.63, 3.8) is 0 Å². The Morgan fingerprint density at radius 3 is 2.61 bits per heavy atom. The topological polar surface area (TPSA) is 96.9 Å². The molecule has 3 rings (SSSR count). The van der Waals surface area contributed by atoms with E-state index in [1.54, 1.807) is 18.2 Å². The molecule has 3 aromatic rings. The molecule has 7 nitrogen and oxygen atoms in total. The molecule has 2 heterocycles. The van der Waals surface area contributed by atoms with Crippen LogP contribution in [-0.4, -0.2) is 35.7 Å². The van der Waals surface area contributed by atoms with Gasteiger partial charge in [0, 0.05) is 18.1 Å². The molecule has 0 saturated carbocycles. The van der Waals surface area contributed by atoms with E-state index in [9.17, 15) is 8.42 Å². The molecule has 0 atom stereocenters. The number of fused-ring (bicyclic) bond motifs is 1. The van der Waals surface area contributed by atoms with Crippen molar-refractivity contribution < 1.29 is 8.42 Å². The average molecular weight is 329 g/mol. The lowest BCUT2D eigenvalue weighted by Gasteiger charge is -2.09. The molecule has 0 saturated heterocycles. The van der Waals surface area contributed by atoms with E-state index in [0.717, 1.165) is 10.9 Å². The zero-order chi connectivity index (χ0) is 16.1.